The lowest BCUT2D eigenvalue weighted by Gasteiger charge is -2.24. The minimum atomic E-state index is -0.0415. The van der Waals surface area contributed by atoms with E-state index in [1.807, 2.05) is 19.9 Å². The third-order valence-corrected chi connectivity index (χ3v) is 2.73. The average molecular weight is 236 g/mol. The number of hydrogen-bond donors (Lipinski definition) is 0. The van der Waals surface area contributed by atoms with Crippen LogP contribution in [0.15, 0.2) is 18.2 Å². The second kappa shape index (κ2) is 7.33. The summed E-state index contributed by atoms with van der Waals surface area (Å²) in [6.07, 6.45) is 3.33. The van der Waals surface area contributed by atoms with Gasteiger partial charge in [-0.05, 0) is 38.3 Å². The van der Waals surface area contributed by atoms with Gasteiger partial charge in [0.2, 0.25) is 0 Å². The maximum atomic E-state index is 5.82. The summed E-state index contributed by atoms with van der Waals surface area (Å²) >= 11 is 0. The van der Waals surface area contributed by atoms with Crippen LogP contribution in [0.3, 0.4) is 0 Å². The summed E-state index contributed by atoms with van der Waals surface area (Å²) in [7, 11) is 0. The van der Waals surface area contributed by atoms with Crippen LogP contribution in [0, 0.1) is 13.8 Å². The van der Waals surface area contributed by atoms with Crippen LogP contribution < -0.4 is 4.74 Å². The van der Waals surface area contributed by atoms with Crippen molar-refractivity contribution in [3.05, 3.63) is 29.3 Å². The molecule has 1 atom stereocenters. The summed E-state index contributed by atoms with van der Waals surface area (Å²) in [6.45, 7) is 8.99. The van der Waals surface area contributed by atoms with Crippen LogP contribution in [0.5, 0.6) is 5.75 Å². The highest BCUT2D eigenvalue weighted by molar-refractivity contribution is 5.35. The zero-order valence-electron chi connectivity index (χ0n) is 11.5. The van der Waals surface area contributed by atoms with Crippen molar-refractivity contribution in [2.24, 2.45) is 0 Å². The molecule has 1 aliphatic heterocycles. The van der Waals surface area contributed by atoms with E-state index in [0.717, 1.165) is 25.2 Å². The zero-order valence-corrected chi connectivity index (χ0v) is 11.5. The molecular weight excluding hydrogens is 212 g/mol. The van der Waals surface area contributed by atoms with Crippen LogP contribution in [0.2, 0.25) is 0 Å². The maximum absolute atomic E-state index is 5.82. The maximum Gasteiger partial charge on any atom is 0.199 e. The van der Waals surface area contributed by atoms with Gasteiger partial charge in [-0.1, -0.05) is 31.5 Å². The first-order valence-corrected chi connectivity index (χ1v) is 6.61. The Hall–Kier alpha value is -1.02. The highest BCUT2D eigenvalue weighted by atomic mass is 16.7. The minimum Gasteiger partial charge on any atom is -0.465 e. The van der Waals surface area contributed by atoms with Gasteiger partial charge in [0.25, 0.3) is 0 Å². The van der Waals surface area contributed by atoms with Crippen LogP contribution in [0.25, 0.3) is 0 Å². The third-order valence-electron chi connectivity index (χ3n) is 2.73. The van der Waals surface area contributed by atoms with E-state index in [9.17, 15) is 0 Å². The van der Waals surface area contributed by atoms with Crippen LogP contribution in [-0.2, 0) is 4.74 Å². The standard InChI is InChI=1S/C13H18O2.C2H6/c1-10-6-7-12(11(2)9-10)15-13-5-3-4-8-14-13;1-2/h6-7,9,13H,3-5,8H2,1-2H3;1-2H3. The average Bonchev–Trinajstić information content (AvgIpc) is 2.37. The van der Waals surface area contributed by atoms with Crippen LogP contribution >= 0.6 is 0 Å². The zero-order chi connectivity index (χ0) is 12.7. The first kappa shape index (κ1) is 14.0. The van der Waals surface area contributed by atoms with Gasteiger partial charge in [-0.25, -0.2) is 0 Å². The molecule has 0 amide bonds. The topological polar surface area (TPSA) is 18.5 Å². The highest BCUT2D eigenvalue weighted by Crippen LogP contribution is 2.23. The molecule has 0 spiro atoms. The molecule has 1 saturated heterocycles. The minimum absolute atomic E-state index is 0.0415. The molecule has 17 heavy (non-hydrogen) atoms. The van der Waals surface area contributed by atoms with Crippen LogP contribution in [-0.4, -0.2) is 12.9 Å². The fraction of sp³-hybridized carbons (Fsp3) is 0.600. The molecule has 1 heterocycles. The molecule has 1 unspecified atom stereocenters. The number of aryl methyl sites for hydroxylation is 2. The van der Waals surface area contributed by atoms with Crippen molar-refractivity contribution >= 4 is 0 Å². The molecule has 0 bridgehead atoms. The van der Waals surface area contributed by atoms with E-state index in [1.165, 1.54) is 17.5 Å². The van der Waals surface area contributed by atoms with Crippen molar-refractivity contribution in [3.8, 4) is 5.75 Å². The SMILES string of the molecule is CC.Cc1ccc(OC2CCCCO2)c(C)c1. The summed E-state index contributed by atoms with van der Waals surface area (Å²) in [6, 6.07) is 6.24. The smallest absolute Gasteiger partial charge is 0.199 e. The number of hydrogen-bond acceptors (Lipinski definition) is 2. The van der Waals surface area contributed by atoms with Crippen molar-refractivity contribution in [1.29, 1.82) is 0 Å². The Balaban J connectivity index is 0.000000686. The monoisotopic (exact) mass is 236 g/mol. The largest absolute Gasteiger partial charge is 0.465 e. The van der Waals surface area contributed by atoms with E-state index >= 15 is 0 Å². The van der Waals surface area contributed by atoms with Crippen molar-refractivity contribution in [2.75, 3.05) is 6.61 Å². The Morgan fingerprint density at radius 2 is 1.94 bits per heavy atom. The number of benzene rings is 1. The van der Waals surface area contributed by atoms with Crippen LogP contribution in [0.4, 0.5) is 0 Å². The lowest BCUT2D eigenvalue weighted by molar-refractivity contribution is -0.106. The Morgan fingerprint density at radius 3 is 2.53 bits per heavy atom. The molecule has 0 N–H and O–H groups in total. The molecule has 1 fully saturated rings. The number of rotatable bonds is 2. The molecular formula is C15H24O2. The summed E-state index contributed by atoms with van der Waals surface area (Å²) < 4.78 is 11.4. The Kier molecular flexibility index (Phi) is 6.06. The van der Waals surface area contributed by atoms with Gasteiger partial charge in [-0.15, -0.1) is 0 Å². The molecule has 2 heteroatoms. The first-order valence-electron chi connectivity index (χ1n) is 6.61. The van der Waals surface area contributed by atoms with Crippen LogP contribution in [0.1, 0.15) is 44.2 Å². The Labute approximate surface area is 105 Å². The quantitative estimate of drug-likeness (QED) is 0.765. The van der Waals surface area contributed by atoms with Gasteiger partial charge in [0.15, 0.2) is 6.29 Å². The third kappa shape index (κ3) is 4.39. The van der Waals surface area contributed by atoms with Crippen molar-refractivity contribution < 1.29 is 9.47 Å². The van der Waals surface area contributed by atoms with E-state index in [0.29, 0.717) is 0 Å². The van der Waals surface area contributed by atoms with E-state index < -0.39 is 0 Å². The van der Waals surface area contributed by atoms with E-state index in [1.54, 1.807) is 0 Å². The van der Waals surface area contributed by atoms with Gasteiger partial charge in [0.05, 0.1) is 6.61 Å². The van der Waals surface area contributed by atoms with Crippen molar-refractivity contribution in [1.82, 2.24) is 0 Å². The summed E-state index contributed by atoms with van der Waals surface area (Å²) in [4.78, 5) is 0. The number of ether oxygens (including phenoxy) is 2. The van der Waals surface area contributed by atoms with Crippen molar-refractivity contribution in [3.63, 3.8) is 0 Å². The van der Waals surface area contributed by atoms with E-state index in [2.05, 4.69) is 26.0 Å². The van der Waals surface area contributed by atoms with Gasteiger partial charge >= 0.3 is 0 Å². The second-order valence-electron chi connectivity index (χ2n) is 4.18. The molecule has 2 rings (SSSR count). The fourth-order valence-electron chi connectivity index (χ4n) is 1.88. The van der Waals surface area contributed by atoms with Gasteiger partial charge in [0.1, 0.15) is 5.75 Å². The lowest BCUT2D eigenvalue weighted by Crippen LogP contribution is -2.25. The van der Waals surface area contributed by atoms with E-state index in [-0.39, 0.29) is 6.29 Å². The van der Waals surface area contributed by atoms with Gasteiger partial charge in [-0.3, -0.25) is 0 Å². The highest BCUT2D eigenvalue weighted by Gasteiger charge is 2.15. The molecule has 96 valence electrons. The molecule has 1 aromatic carbocycles. The Bertz CT molecular complexity index is 328. The molecule has 0 saturated carbocycles. The Morgan fingerprint density at radius 1 is 1.18 bits per heavy atom. The van der Waals surface area contributed by atoms with Crippen molar-refractivity contribution in [2.45, 2.75) is 53.2 Å². The molecule has 1 aliphatic rings. The normalized spacial score (nSPS) is 19.2. The molecule has 0 aromatic heterocycles. The first-order chi connectivity index (χ1) is 8.25. The van der Waals surface area contributed by atoms with Gasteiger partial charge in [-0.2, -0.15) is 0 Å². The summed E-state index contributed by atoms with van der Waals surface area (Å²) in [5.41, 5.74) is 2.45. The lowest BCUT2D eigenvalue weighted by atomic mass is 10.1. The summed E-state index contributed by atoms with van der Waals surface area (Å²) in [5.74, 6) is 0.951. The molecule has 1 aromatic rings. The summed E-state index contributed by atoms with van der Waals surface area (Å²) in [5, 5.41) is 0. The van der Waals surface area contributed by atoms with Gasteiger partial charge < -0.3 is 9.47 Å². The molecule has 2 nitrogen and oxygen atoms in total. The predicted molar refractivity (Wildman–Crippen MR) is 71.5 cm³/mol. The fourth-order valence-corrected chi connectivity index (χ4v) is 1.88. The second-order valence-corrected chi connectivity index (χ2v) is 4.18. The predicted octanol–water partition coefficient (Wildman–Crippen LogP) is 4.24. The van der Waals surface area contributed by atoms with E-state index in [4.69, 9.17) is 9.47 Å². The molecule has 0 aliphatic carbocycles. The van der Waals surface area contributed by atoms with Gasteiger partial charge in [0, 0.05) is 6.42 Å². The molecule has 0 radical (unpaired) electrons.